The fourth-order valence-corrected chi connectivity index (χ4v) is 1.09. The minimum Gasteiger partial charge on any atom is -0.340 e. The number of hydrogen-bond donors (Lipinski definition) is 0. The Morgan fingerprint density at radius 1 is 1.50 bits per heavy atom. The first-order valence-corrected chi connectivity index (χ1v) is 5.08. The van der Waals surface area contributed by atoms with Crippen LogP contribution in [0.2, 0.25) is 0 Å². The normalized spacial score (nSPS) is 13.1. The van der Waals surface area contributed by atoms with Gasteiger partial charge in [-0.25, -0.2) is 0 Å². The molecule has 14 heavy (non-hydrogen) atoms. The van der Waals surface area contributed by atoms with Crippen LogP contribution in [0.4, 0.5) is 0 Å². The summed E-state index contributed by atoms with van der Waals surface area (Å²) in [5.41, 5.74) is -0.165. The van der Waals surface area contributed by atoms with Crippen LogP contribution in [0.5, 0.6) is 0 Å². The summed E-state index contributed by atoms with van der Waals surface area (Å²) >= 11 is 0. The predicted octanol–water partition coefficient (Wildman–Crippen LogP) is 2.18. The first-order chi connectivity index (χ1) is 6.40. The molecule has 0 bridgehead atoms. The topological polar surface area (TPSA) is 44.1 Å². The Kier molecular flexibility index (Phi) is 4.62. The highest BCUT2D eigenvalue weighted by atomic mass is 16.2. The summed E-state index contributed by atoms with van der Waals surface area (Å²) in [5, 5.41) is 8.79. The first kappa shape index (κ1) is 13.0. The average Bonchev–Trinajstić information content (AvgIpc) is 2.18. The summed E-state index contributed by atoms with van der Waals surface area (Å²) in [6.07, 6.45) is 1.47. The summed E-state index contributed by atoms with van der Waals surface area (Å²) in [6, 6.07) is 2.04. The lowest BCUT2D eigenvalue weighted by Gasteiger charge is -2.35. The summed E-state index contributed by atoms with van der Waals surface area (Å²) in [7, 11) is 1.77. The molecule has 1 amide bonds. The molecule has 0 fully saturated rings. The van der Waals surface area contributed by atoms with E-state index in [0.29, 0.717) is 6.42 Å². The zero-order valence-electron chi connectivity index (χ0n) is 9.79. The smallest absolute Gasteiger partial charge is 0.240 e. The van der Waals surface area contributed by atoms with Crippen LogP contribution in [0.15, 0.2) is 0 Å². The van der Waals surface area contributed by atoms with E-state index < -0.39 is 5.92 Å². The lowest BCUT2D eigenvalue weighted by atomic mass is 9.97. The van der Waals surface area contributed by atoms with Gasteiger partial charge in [0.05, 0.1) is 6.07 Å². The van der Waals surface area contributed by atoms with Gasteiger partial charge in [-0.3, -0.25) is 4.79 Å². The number of nitrogens with zero attached hydrogens (tertiary/aromatic N) is 2. The van der Waals surface area contributed by atoms with Crippen LogP contribution in [0.1, 0.15) is 40.5 Å². The molecular weight excluding hydrogens is 176 g/mol. The number of hydrogen-bond acceptors (Lipinski definition) is 2. The van der Waals surface area contributed by atoms with E-state index in [9.17, 15) is 4.79 Å². The fourth-order valence-electron chi connectivity index (χ4n) is 1.09. The minimum absolute atomic E-state index is 0.0677. The molecule has 0 N–H and O–H groups in total. The van der Waals surface area contributed by atoms with E-state index in [1.54, 1.807) is 11.9 Å². The summed E-state index contributed by atoms with van der Waals surface area (Å²) in [5.74, 6) is -0.562. The first-order valence-electron chi connectivity index (χ1n) is 5.08. The number of carbonyl (C=O) groups is 1. The summed E-state index contributed by atoms with van der Waals surface area (Å²) in [6.45, 7) is 7.92. The molecule has 1 unspecified atom stereocenters. The maximum absolute atomic E-state index is 11.8. The second kappa shape index (κ2) is 4.99. The van der Waals surface area contributed by atoms with Crippen LogP contribution in [0.25, 0.3) is 0 Å². The molecule has 0 radical (unpaired) electrons. The lowest BCUT2D eigenvalue weighted by Crippen LogP contribution is -2.46. The molecule has 3 heteroatoms. The van der Waals surface area contributed by atoms with Crippen molar-refractivity contribution in [3.8, 4) is 6.07 Å². The Labute approximate surface area is 86.7 Å². The Morgan fingerprint density at radius 3 is 2.29 bits per heavy atom. The van der Waals surface area contributed by atoms with Crippen LogP contribution in [0.3, 0.4) is 0 Å². The van der Waals surface area contributed by atoms with Crippen molar-refractivity contribution in [2.75, 3.05) is 7.05 Å². The van der Waals surface area contributed by atoms with Gasteiger partial charge in [0.25, 0.3) is 0 Å². The Bertz CT molecular complexity index is 240. The van der Waals surface area contributed by atoms with Crippen LogP contribution in [-0.2, 0) is 4.79 Å². The molecule has 80 valence electrons. The highest BCUT2D eigenvalue weighted by molar-refractivity contribution is 5.81. The van der Waals surface area contributed by atoms with E-state index in [1.165, 1.54) is 0 Å². The SMILES string of the molecule is CCC(C#N)C(=O)N(C)C(C)(C)CC. The average molecular weight is 196 g/mol. The maximum Gasteiger partial charge on any atom is 0.240 e. The maximum atomic E-state index is 11.8. The van der Waals surface area contributed by atoms with Gasteiger partial charge in [0.15, 0.2) is 0 Å². The van der Waals surface area contributed by atoms with Gasteiger partial charge in [-0.2, -0.15) is 5.26 Å². The van der Waals surface area contributed by atoms with Gasteiger partial charge < -0.3 is 4.90 Å². The number of nitriles is 1. The zero-order chi connectivity index (χ0) is 11.4. The van der Waals surface area contributed by atoms with Crippen molar-refractivity contribution in [3.05, 3.63) is 0 Å². The molecule has 0 aromatic heterocycles. The van der Waals surface area contributed by atoms with E-state index >= 15 is 0 Å². The molecule has 0 aliphatic rings. The molecule has 0 heterocycles. The molecule has 3 nitrogen and oxygen atoms in total. The number of rotatable bonds is 4. The fraction of sp³-hybridized carbons (Fsp3) is 0.818. The van der Waals surface area contributed by atoms with Gasteiger partial charge in [-0.15, -0.1) is 0 Å². The molecule has 0 rings (SSSR count). The molecule has 0 spiro atoms. The molecule has 1 atom stereocenters. The largest absolute Gasteiger partial charge is 0.340 e. The van der Waals surface area contributed by atoms with Crippen molar-refractivity contribution in [2.45, 2.75) is 46.1 Å². The van der Waals surface area contributed by atoms with E-state index in [2.05, 4.69) is 0 Å². The summed E-state index contributed by atoms with van der Waals surface area (Å²) in [4.78, 5) is 13.5. The van der Waals surface area contributed by atoms with Crippen molar-refractivity contribution in [1.29, 1.82) is 5.26 Å². The molecule has 0 saturated carbocycles. The Morgan fingerprint density at radius 2 is 2.00 bits per heavy atom. The Balaban J connectivity index is 4.63. The quantitative estimate of drug-likeness (QED) is 0.691. The Hall–Kier alpha value is -1.04. The van der Waals surface area contributed by atoms with Gasteiger partial charge >= 0.3 is 0 Å². The third-order valence-electron chi connectivity index (χ3n) is 2.97. The van der Waals surface area contributed by atoms with Crippen molar-refractivity contribution in [3.63, 3.8) is 0 Å². The molecule has 0 aromatic rings. The standard InChI is InChI=1S/C11H20N2O/c1-6-9(8-12)10(14)13(5)11(3,4)7-2/h9H,6-7H2,1-5H3. The van der Waals surface area contributed by atoms with Gasteiger partial charge in [0.1, 0.15) is 5.92 Å². The van der Waals surface area contributed by atoms with Crippen molar-refractivity contribution in [1.82, 2.24) is 4.90 Å². The molecule has 0 saturated heterocycles. The highest BCUT2D eigenvalue weighted by Gasteiger charge is 2.29. The molecule has 0 aliphatic heterocycles. The van der Waals surface area contributed by atoms with E-state index in [-0.39, 0.29) is 11.4 Å². The second-order valence-electron chi connectivity index (χ2n) is 4.15. The summed E-state index contributed by atoms with van der Waals surface area (Å²) < 4.78 is 0. The van der Waals surface area contributed by atoms with E-state index in [1.807, 2.05) is 33.8 Å². The number of amides is 1. The van der Waals surface area contributed by atoms with Crippen LogP contribution in [-0.4, -0.2) is 23.4 Å². The van der Waals surface area contributed by atoms with Crippen LogP contribution >= 0.6 is 0 Å². The molecule has 0 aliphatic carbocycles. The molecular formula is C11H20N2O. The monoisotopic (exact) mass is 196 g/mol. The van der Waals surface area contributed by atoms with Crippen molar-refractivity contribution < 1.29 is 4.79 Å². The van der Waals surface area contributed by atoms with E-state index in [0.717, 1.165) is 6.42 Å². The number of carbonyl (C=O) groups excluding carboxylic acids is 1. The minimum atomic E-state index is -0.495. The van der Waals surface area contributed by atoms with E-state index in [4.69, 9.17) is 5.26 Å². The van der Waals surface area contributed by atoms with Gasteiger partial charge in [0, 0.05) is 12.6 Å². The van der Waals surface area contributed by atoms with Crippen LogP contribution < -0.4 is 0 Å². The lowest BCUT2D eigenvalue weighted by molar-refractivity contribution is -0.137. The predicted molar refractivity (Wildman–Crippen MR) is 56.5 cm³/mol. The molecule has 0 aromatic carbocycles. The highest BCUT2D eigenvalue weighted by Crippen LogP contribution is 2.19. The van der Waals surface area contributed by atoms with Crippen molar-refractivity contribution in [2.24, 2.45) is 5.92 Å². The third-order valence-corrected chi connectivity index (χ3v) is 2.97. The van der Waals surface area contributed by atoms with Gasteiger partial charge in [0.2, 0.25) is 5.91 Å². The van der Waals surface area contributed by atoms with Gasteiger partial charge in [-0.05, 0) is 26.7 Å². The van der Waals surface area contributed by atoms with Crippen molar-refractivity contribution >= 4 is 5.91 Å². The van der Waals surface area contributed by atoms with Gasteiger partial charge in [-0.1, -0.05) is 13.8 Å². The zero-order valence-corrected chi connectivity index (χ0v) is 9.79. The second-order valence-corrected chi connectivity index (χ2v) is 4.15. The van der Waals surface area contributed by atoms with Crippen LogP contribution in [0, 0.1) is 17.2 Å². The third kappa shape index (κ3) is 2.73.